The number of hydrogen-bond donors (Lipinski definition) is 0. The molecule has 0 amide bonds. The van der Waals surface area contributed by atoms with Gasteiger partial charge in [-0.3, -0.25) is 9.36 Å². The summed E-state index contributed by atoms with van der Waals surface area (Å²) in [6, 6.07) is 15.7. The summed E-state index contributed by atoms with van der Waals surface area (Å²) in [7, 11) is 0. The van der Waals surface area contributed by atoms with E-state index in [1.807, 2.05) is 43.3 Å². The summed E-state index contributed by atoms with van der Waals surface area (Å²) in [6.07, 6.45) is 1.90. The van der Waals surface area contributed by atoms with Crippen molar-refractivity contribution in [2.75, 3.05) is 6.61 Å². The third-order valence-electron chi connectivity index (χ3n) is 4.26. The standard InChI is InChI=1S/C21H23NO2/c1-4-12-24-18-10-6-9-17(14-18)21(23)22-15(3)13-19-16(5-2)8-7-11-20(19)22/h6-11,13-14H,4-5,12H2,1-3H3. The molecule has 0 unspecified atom stereocenters. The lowest BCUT2D eigenvalue weighted by Crippen LogP contribution is -2.13. The molecule has 0 saturated heterocycles. The molecule has 1 aromatic heterocycles. The Kier molecular flexibility index (Phi) is 4.70. The van der Waals surface area contributed by atoms with Gasteiger partial charge in [0.05, 0.1) is 12.1 Å². The zero-order valence-corrected chi connectivity index (χ0v) is 14.5. The molecule has 3 nitrogen and oxygen atoms in total. The summed E-state index contributed by atoms with van der Waals surface area (Å²) in [6.45, 7) is 6.84. The van der Waals surface area contributed by atoms with Crippen molar-refractivity contribution in [3.05, 3.63) is 65.4 Å². The first-order valence-electron chi connectivity index (χ1n) is 8.53. The van der Waals surface area contributed by atoms with Crippen LogP contribution in [0.15, 0.2) is 48.5 Å². The van der Waals surface area contributed by atoms with Crippen LogP contribution < -0.4 is 4.74 Å². The van der Waals surface area contributed by atoms with Gasteiger partial charge in [-0.15, -0.1) is 0 Å². The van der Waals surface area contributed by atoms with E-state index in [0.29, 0.717) is 12.2 Å². The highest BCUT2D eigenvalue weighted by Gasteiger charge is 2.16. The average Bonchev–Trinajstić information content (AvgIpc) is 2.95. The van der Waals surface area contributed by atoms with Gasteiger partial charge in [0.25, 0.3) is 5.91 Å². The van der Waals surface area contributed by atoms with Gasteiger partial charge in [0.15, 0.2) is 0 Å². The molecule has 0 atom stereocenters. The van der Waals surface area contributed by atoms with Crippen molar-refractivity contribution in [3.8, 4) is 5.75 Å². The van der Waals surface area contributed by atoms with Crippen LogP contribution in [0.25, 0.3) is 10.9 Å². The molecule has 0 bridgehead atoms. The smallest absolute Gasteiger partial charge is 0.262 e. The fourth-order valence-corrected chi connectivity index (χ4v) is 3.07. The van der Waals surface area contributed by atoms with Crippen LogP contribution in [-0.4, -0.2) is 17.1 Å². The molecule has 3 aromatic rings. The number of ether oxygens (including phenoxy) is 1. The van der Waals surface area contributed by atoms with Crippen molar-refractivity contribution in [2.24, 2.45) is 0 Å². The van der Waals surface area contributed by atoms with Gasteiger partial charge in [0.2, 0.25) is 0 Å². The van der Waals surface area contributed by atoms with E-state index in [-0.39, 0.29) is 5.91 Å². The number of hydrogen-bond acceptors (Lipinski definition) is 2. The third-order valence-corrected chi connectivity index (χ3v) is 4.26. The number of rotatable bonds is 5. The van der Waals surface area contributed by atoms with Gasteiger partial charge in [0, 0.05) is 16.6 Å². The molecule has 2 aromatic carbocycles. The van der Waals surface area contributed by atoms with Gasteiger partial charge in [-0.25, -0.2) is 0 Å². The van der Waals surface area contributed by atoms with Gasteiger partial charge in [-0.2, -0.15) is 0 Å². The van der Waals surface area contributed by atoms with Crippen LogP contribution in [0.5, 0.6) is 5.75 Å². The summed E-state index contributed by atoms with van der Waals surface area (Å²) >= 11 is 0. The van der Waals surface area contributed by atoms with Crippen LogP contribution >= 0.6 is 0 Å². The quantitative estimate of drug-likeness (QED) is 0.663. The second-order valence-corrected chi connectivity index (χ2v) is 6.01. The maximum Gasteiger partial charge on any atom is 0.262 e. The molecule has 0 aliphatic heterocycles. The highest BCUT2D eigenvalue weighted by Crippen LogP contribution is 2.25. The molecule has 0 N–H and O–H groups in total. The number of aromatic nitrogens is 1. The first kappa shape index (κ1) is 16.3. The molecule has 24 heavy (non-hydrogen) atoms. The molecule has 0 aliphatic carbocycles. The normalized spacial score (nSPS) is 11.0. The van der Waals surface area contributed by atoms with Crippen LogP contribution in [-0.2, 0) is 6.42 Å². The van der Waals surface area contributed by atoms with Crippen molar-refractivity contribution >= 4 is 16.8 Å². The van der Waals surface area contributed by atoms with Gasteiger partial charge in [-0.1, -0.05) is 32.0 Å². The first-order valence-corrected chi connectivity index (χ1v) is 8.53. The minimum atomic E-state index is -0.0160. The van der Waals surface area contributed by atoms with Gasteiger partial charge in [0.1, 0.15) is 5.75 Å². The zero-order valence-electron chi connectivity index (χ0n) is 14.5. The van der Waals surface area contributed by atoms with Crippen molar-refractivity contribution in [1.29, 1.82) is 0 Å². The largest absolute Gasteiger partial charge is 0.494 e. The Morgan fingerprint density at radius 3 is 2.62 bits per heavy atom. The van der Waals surface area contributed by atoms with E-state index in [4.69, 9.17) is 4.74 Å². The Bertz CT molecular complexity index is 877. The van der Waals surface area contributed by atoms with Crippen LogP contribution in [0.1, 0.15) is 41.9 Å². The lowest BCUT2D eigenvalue weighted by Gasteiger charge is -2.10. The Labute approximate surface area is 142 Å². The van der Waals surface area contributed by atoms with Crippen molar-refractivity contribution < 1.29 is 9.53 Å². The number of carbonyl (C=O) groups is 1. The summed E-state index contributed by atoms with van der Waals surface area (Å²) in [5.74, 6) is 0.726. The van der Waals surface area contributed by atoms with Crippen LogP contribution in [0.3, 0.4) is 0 Å². The summed E-state index contributed by atoms with van der Waals surface area (Å²) < 4.78 is 7.46. The van der Waals surface area contributed by atoms with E-state index in [1.165, 1.54) is 5.56 Å². The summed E-state index contributed by atoms with van der Waals surface area (Å²) in [5, 5.41) is 1.16. The highest BCUT2D eigenvalue weighted by molar-refractivity contribution is 6.03. The maximum atomic E-state index is 13.1. The van der Waals surface area contributed by atoms with E-state index < -0.39 is 0 Å². The predicted molar refractivity (Wildman–Crippen MR) is 98.0 cm³/mol. The van der Waals surface area contributed by atoms with E-state index in [1.54, 1.807) is 4.57 Å². The molecule has 1 heterocycles. The molecule has 0 fully saturated rings. The fraction of sp³-hybridized carbons (Fsp3) is 0.286. The van der Waals surface area contributed by atoms with E-state index in [9.17, 15) is 4.79 Å². The van der Waals surface area contributed by atoms with E-state index in [0.717, 1.165) is 35.2 Å². The van der Waals surface area contributed by atoms with Crippen LogP contribution in [0.4, 0.5) is 0 Å². The topological polar surface area (TPSA) is 31.2 Å². The summed E-state index contributed by atoms with van der Waals surface area (Å²) in [5.41, 5.74) is 3.83. The Morgan fingerprint density at radius 2 is 1.88 bits per heavy atom. The monoisotopic (exact) mass is 321 g/mol. The molecule has 124 valence electrons. The SMILES string of the molecule is CCCOc1cccc(C(=O)n2c(C)cc3c(CC)cccc32)c1. The first-order chi connectivity index (χ1) is 11.7. The predicted octanol–water partition coefficient (Wildman–Crippen LogP) is 4.99. The zero-order chi connectivity index (χ0) is 17.1. The number of carbonyl (C=O) groups excluding carboxylic acids is 1. The molecule has 3 rings (SSSR count). The molecule has 0 aliphatic rings. The van der Waals surface area contributed by atoms with Gasteiger partial charge >= 0.3 is 0 Å². The maximum absolute atomic E-state index is 13.1. The second-order valence-electron chi connectivity index (χ2n) is 6.01. The van der Waals surface area contributed by atoms with E-state index in [2.05, 4.69) is 26.0 Å². The lowest BCUT2D eigenvalue weighted by atomic mass is 10.1. The number of benzene rings is 2. The minimum Gasteiger partial charge on any atom is -0.494 e. The van der Waals surface area contributed by atoms with Crippen LogP contribution in [0.2, 0.25) is 0 Å². The molecule has 0 saturated carbocycles. The number of fused-ring (bicyclic) bond motifs is 1. The molecular formula is C21H23NO2. The lowest BCUT2D eigenvalue weighted by molar-refractivity contribution is 0.0962. The van der Waals surface area contributed by atoms with Crippen LogP contribution in [0, 0.1) is 6.92 Å². The second kappa shape index (κ2) is 6.91. The Balaban J connectivity index is 2.04. The van der Waals surface area contributed by atoms with Crippen molar-refractivity contribution in [2.45, 2.75) is 33.6 Å². The molecule has 0 radical (unpaired) electrons. The number of nitrogens with zero attached hydrogens (tertiary/aromatic N) is 1. The average molecular weight is 321 g/mol. The third kappa shape index (κ3) is 2.94. The molecular weight excluding hydrogens is 298 g/mol. The summed E-state index contributed by atoms with van der Waals surface area (Å²) in [4.78, 5) is 13.1. The fourth-order valence-electron chi connectivity index (χ4n) is 3.07. The van der Waals surface area contributed by atoms with Crippen molar-refractivity contribution in [3.63, 3.8) is 0 Å². The Hall–Kier alpha value is -2.55. The minimum absolute atomic E-state index is 0.0160. The van der Waals surface area contributed by atoms with Gasteiger partial charge < -0.3 is 4.74 Å². The Morgan fingerprint density at radius 1 is 1.08 bits per heavy atom. The molecule has 0 spiro atoms. The van der Waals surface area contributed by atoms with Gasteiger partial charge in [-0.05, 0) is 55.7 Å². The highest BCUT2D eigenvalue weighted by atomic mass is 16.5. The number of aryl methyl sites for hydroxylation is 2. The molecule has 3 heteroatoms. The van der Waals surface area contributed by atoms with Crippen molar-refractivity contribution in [1.82, 2.24) is 4.57 Å². The van der Waals surface area contributed by atoms with E-state index >= 15 is 0 Å².